The van der Waals surface area contributed by atoms with Crippen molar-refractivity contribution < 1.29 is 0 Å². The lowest BCUT2D eigenvalue weighted by atomic mass is 10.1. The second-order valence-corrected chi connectivity index (χ2v) is 5.22. The molecule has 78 valence electrons. The summed E-state index contributed by atoms with van der Waals surface area (Å²) in [5.41, 5.74) is 0.440. The highest BCUT2D eigenvalue weighted by molar-refractivity contribution is 6.28. The van der Waals surface area contributed by atoms with E-state index in [4.69, 9.17) is 11.6 Å². The van der Waals surface area contributed by atoms with E-state index in [-0.39, 0.29) is 0 Å². The molecule has 0 spiro atoms. The van der Waals surface area contributed by atoms with Crippen LogP contribution in [-0.4, -0.2) is 14.8 Å². The summed E-state index contributed by atoms with van der Waals surface area (Å²) in [6.45, 7) is 7.48. The van der Waals surface area contributed by atoms with Gasteiger partial charge in [-0.15, -0.1) is 10.2 Å². The van der Waals surface area contributed by atoms with Gasteiger partial charge in [-0.3, -0.25) is 0 Å². The maximum Gasteiger partial charge on any atom is 0.225 e. The van der Waals surface area contributed by atoms with E-state index in [0.717, 1.165) is 12.4 Å². The standard InChI is InChI=1S/C10H16ClN3/c1-7(2)8-12-13-9(11)14(8)6-10(3)4-5-10/h7H,4-6H2,1-3H3. The van der Waals surface area contributed by atoms with Gasteiger partial charge < -0.3 is 4.57 Å². The van der Waals surface area contributed by atoms with E-state index in [1.807, 2.05) is 0 Å². The summed E-state index contributed by atoms with van der Waals surface area (Å²) in [5, 5.41) is 8.57. The van der Waals surface area contributed by atoms with Gasteiger partial charge in [0.1, 0.15) is 5.82 Å². The quantitative estimate of drug-likeness (QED) is 0.773. The lowest BCUT2D eigenvalue weighted by Gasteiger charge is -2.13. The summed E-state index contributed by atoms with van der Waals surface area (Å²) < 4.78 is 2.05. The Bertz CT molecular complexity index is 339. The van der Waals surface area contributed by atoms with Gasteiger partial charge in [0.2, 0.25) is 5.28 Å². The van der Waals surface area contributed by atoms with Gasteiger partial charge in [-0.25, -0.2) is 0 Å². The lowest BCUT2D eigenvalue weighted by molar-refractivity contribution is 0.447. The molecule has 1 fully saturated rings. The molecule has 0 unspecified atom stereocenters. The summed E-state index contributed by atoms with van der Waals surface area (Å²) in [6.07, 6.45) is 2.58. The predicted molar refractivity (Wildman–Crippen MR) is 56.5 cm³/mol. The summed E-state index contributed by atoms with van der Waals surface area (Å²) in [6, 6.07) is 0. The molecule has 0 saturated heterocycles. The van der Waals surface area contributed by atoms with Crippen molar-refractivity contribution in [3.63, 3.8) is 0 Å². The molecule has 0 N–H and O–H groups in total. The Kier molecular flexibility index (Phi) is 2.30. The molecule has 0 atom stereocenters. The maximum atomic E-state index is 6.01. The third kappa shape index (κ3) is 1.78. The highest BCUT2D eigenvalue weighted by Crippen LogP contribution is 2.47. The average molecular weight is 214 g/mol. The number of hydrogen-bond donors (Lipinski definition) is 0. The molecular weight excluding hydrogens is 198 g/mol. The van der Waals surface area contributed by atoms with Crippen LogP contribution in [0.4, 0.5) is 0 Å². The van der Waals surface area contributed by atoms with E-state index in [1.54, 1.807) is 0 Å². The smallest absolute Gasteiger partial charge is 0.225 e. The van der Waals surface area contributed by atoms with Crippen molar-refractivity contribution in [3.8, 4) is 0 Å². The number of aromatic nitrogens is 3. The van der Waals surface area contributed by atoms with Crippen LogP contribution in [0.3, 0.4) is 0 Å². The Morgan fingerprint density at radius 1 is 1.43 bits per heavy atom. The fraction of sp³-hybridized carbons (Fsp3) is 0.800. The summed E-state index contributed by atoms with van der Waals surface area (Å²) >= 11 is 6.01. The van der Waals surface area contributed by atoms with Crippen LogP contribution in [0.1, 0.15) is 45.4 Å². The highest BCUT2D eigenvalue weighted by atomic mass is 35.5. The van der Waals surface area contributed by atoms with Gasteiger partial charge in [-0.1, -0.05) is 20.8 Å². The first-order valence-electron chi connectivity index (χ1n) is 5.10. The molecule has 1 aliphatic rings. The van der Waals surface area contributed by atoms with Crippen LogP contribution in [0.15, 0.2) is 0 Å². The van der Waals surface area contributed by atoms with E-state index < -0.39 is 0 Å². The molecule has 1 aromatic rings. The van der Waals surface area contributed by atoms with Gasteiger partial charge >= 0.3 is 0 Å². The zero-order chi connectivity index (χ0) is 10.3. The van der Waals surface area contributed by atoms with Crippen molar-refractivity contribution in [2.45, 2.75) is 46.1 Å². The lowest BCUT2D eigenvalue weighted by Crippen LogP contribution is -2.12. The van der Waals surface area contributed by atoms with Gasteiger partial charge in [-0.2, -0.15) is 0 Å². The molecule has 1 saturated carbocycles. The van der Waals surface area contributed by atoms with Crippen LogP contribution in [0.25, 0.3) is 0 Å². The molecule has 0 aromatic carbocycles. The van der Waals surface area contributed by atoms with Crippen molar-refractivity contribution in [1.29, 1.82) is 0 Å². The molecule has 2 rings (SSSR count). The number of rotatable bonds is 3. The van der Waals surface area contributed by atoms with Gasteiger partial charge in [0.15, 0.2) is 0 Å². The number of hydrogen-bond acceptors (Lipinski definition) is 2. The van der Waals surface area contributed by atoms with E-state index in [1.165, 1.54) is 12.8 Å². The highest BCUT2D eigenvalue weighted by Gasteiger charge is 2.38. The SMILES string of the molecule is CC(C)c1nnc(Cl)n1CC1(C)CC1. The molecule has 3 nitrogen and oxygen atoms in total. The Balaban J connectivity index is 2.25. The van der Waals surface area contributed by atoms with Crippen LogP contribution in [-0.2, 0) is 6.54 Å². The van der Waals surface area contributed by atoms with Crippen LogP contribution in [0, 0.1) is 5.41 Å². The minimum atomic E-state index is 0.386. The molecule has 4 heteroatoms. The Hall–Kier alpha value is -0.570. The Labute approximate surface area is 89.5 Å². The monoisotopic (exact) mass is 213 g/mol. The molecule has 0 amide bonds. The fourth-order valence-corrected chi connectivity index (χ4v) is 1.81. The third-order valence-electron chi connectivity index (χ3n) is 2.89. The summed E-state index contributed by atoms with van der Waals surface area (Å²) in [4.78, 5) is 0. The minimum Gasteiger partial charge on any atom is -0.301 e. The third-order valence-corrected chi connectivity index (χ3v) is 3.17. The number of nitrogens with zero attached hydrogens (tertiary/aromatic N) is 3. The molecular formula is C10H16ClN3. The van der Waals surface area contributed by atoms with Crippen LogP contribution < -0.4 is 0 Å². The first-order chi connectivity index (χ1) is 6.52. The van der Waals surface area contributed by atoms with Gasteiger partial charge in [0, 0.05) is 12.5 Å². The second kappa shape index (κ2) is 3.23. The number of halogens is 1. The Morgan fingerprint density at radius 2 is 2.07 bits per heavy atom. The molecule has 0 aliphatic heterocycles. The largest absolute Gasteiger partial charge is 0.301 e. The zero-order valence-corrected chi connectivity index (χ0v) is 9.67. The molecule has 1 aliphatic carbocycles. The summed E-state index contributed by atoms with van der Waals surface area (Å²) in [5.74, 6) is 1.39. The van der Waals surface area contributed by atoms with Gasteiger partial charge in [0.05, 0.1) is 0 Å². The van der Waals surface area contributed by atoms with E-state index in [0.29, 0.717) is 16.6 Å². The summed E-state index contributed by atoms with van der Waals surface area (Å²) in [7, 11) is 0. The van der Waals surface area contributed by atoms with Crippen molar-refractivity contribution in [2.75, 3.05) is 0 Å². The zero-order valence-electron chi connectivity index (χ0n) is 8.92. The molecule has 0 bridgehead atoms. The molecule has 1 heterocycles. The van der Waals surface area contributed by atoms with Crippen molar-refractivity contribution in [1.82, 2.24) is 14.8 Å². The Morgan fingerprint density at radius 3 is 2.57 bits per heavy atom. The predicted octanol–water partition coefficient (Wildman–Crippen LogP) is 2.86. The van der Waals surface area contributed by atoms with Crippen LogP contribution >= 0.6 is 11.6 Å². The first-order valence-corrected chi connectivity index (χ1v) is 5.48. The van der Waals surface area contributed by atoms with Crippen LogP contribution in [0.2, 0.25) is 5.28 Å². The molecule has 1 aromatic heterocycles. The molecule has 14 heavy (non-hydrogen) atoms. The molecule has 0 radical (unpaired) electrons. The fourth-order valence-electron chi connectivity index (χ4n) is 1.62. The van der Waals surface area contributed by atoms with Gasteiger partial charge in [0.25, 0.3) is 0 Å². The maximum absolute atomic E-state index is 6.01. The van der Waals surface area contributed by atoms with Crippen molar-refractivity contribution in [2.24, 2.45) is 5.41 Å². The topological polar surface area (TPSA) is 30.7 Å². The van der Waals surface area contributed by atoms with Crippen molar-refractivity contribution in [3.05, 3.63) is 11.1 Å². The normalized spacial score (nSPS) is 18.9. The van der Waals surface area contributed by atoms with Gasteiger partial charge in [-0.05, 0) is 29.9 Å². The van der Waals surface area contributed by atoms with E-state index in [9.17, 15) is 0 Å². The first kappa shape index (κ1) is 9.97. The average Bonchev–Trinajstić information content (AvgIpc) is 2.70. The van der Waals surface area contributed by atoms with E-state index in [2.05, 4.69) is 35.5 Å². The second-order valence-electron chi connectivity index (χ2n) is 4.88. The van der Waals surface area contributed by atoms with Crippen molar-refractivity contribution >= 4 is 11.6 Å². The minimum absolute atomic E-state index is 0.386. The van der Waals surface area contributed by atoms with E-state index >= 15 is 0 Å². The van der Waals surface area contributed by atoms with Crippen LogP contribution in [0.5, 0.6) is 0 Å².